The Morgan fingerprint density at radius 2 is 2.12 bits per heavy atom. The number of aromatic nitrogens is 1. The molecule has 0 aliphatic carbocycles. The molecule has 1 aromatic heterocycles. The van der Waals surface area contributed by atoms with Gasteiger partial charge in [0, 0.05) is 12.7 Å². The number of rotatable bonds is 4. The molecule has 0 amide bonds. The van der Waals surface area contributed by atoms with Gasteiger partial charge in [-0.05, 0) is 31.4 Å². The summed E-state index contributed by atoms with van der Waals surface area (Å²) in [7, 11) is 0. The Labute approximate surface area is 107 Å². The van der Waals surface area contributed by atoms with Gasteiger partial charge in [-0.2, -0.15) is 0 Å². The van der Waals surface area contributed by atoms with Crippen LogP contribution in [0.2, 0.25) is 0 Å². The zero-order valence-corrected chi connectivity index (χ0v) is 11.4. The van der Waals surface area contributed by atoms with Crippen molar-refractivity contribution in [1.82, 2.24) is 4.98 Å². The lowest BCUT2D eigenvalue weighted by Gasteiger charge is -2.03. The molecule has 0 aliphatic rings. The molecule has 0 unspecified atom stereocenters. The maximum absolute atomic E-state index is 4.41. The smallest absolute Gasteiger partial charge is 0.183 e. The van der Waals surface area contributed by atoms with Crippen LogP contribution in [0.5, 0.6) is 0 Å². The molecule has 1 aromatic carbocycles. The van der Waals surface area contributed by atoms with Crippen LogP contribution < -0.4 is 5.32 Å². The number of benzene rings is 1. The maximum atomic E-state index is 4.41. The molecule has 0 spiro atoms. The van der Waals surface area contributed by atoms with Crippen molar-refractivity contribution in [2.45, 2.75) is 27.2 Å². The van der Waals surface area contributed by atoms with Gasteiger partial charge in [0.25, 0.3) is 0 Å². The number of nitrogens with one attached hydrogen (secondary N) is 1. The molecule has 2 rings (SSSR count). The number of thiazole rings is 1. The van der Waals surface area contributed by atoms with Gasteiger partial charge in [0.2, 0.25) is 0 Å². The highest BCUT2D eigenvalue weighted by atomic mass is 32.1. The van der Waals surface area contributed by atoms with Crippen molar-refractivity contribution in [3.8, 4) is 10.4 Å². The summed E-state index contributed by atoms with van der Waals surface area (Å²) in [5.41, 5.74) is 3.90. The van der Waals surface area contributed by atoms with Gasteiger partial charge in [0.05, 0.1) is 4.88 Å². The molecule has 1 heterocycles. The topological polar surface area (TPSA) is 24.9 Å². The molecule has 0 saturated heterocycles. The van der Waals surface area contributed by atoms with Crippen LogP contribution in [-0.2, 0) is 0 Å². The quantitative estimate of drug-likeness (QED) is 0.872. The number of hydrogen-bond acceptors (Lipinski definition) is 3. The van der Waals surface area contributed by atoms with Crippen molar-refractivity contribution in [3.63, 3.8) is 0 Å². The SMILES string of the molecule is CCCNc1ncc(-c2cc(C)ccc2C)s1. The first-order valence-corrected chi connectivity index (χ1v) is 6.79. The molecule has 0 saturated carbocycles. The third-order valence-corrected chi connectivity index (χ3v) is 3.68. The van der Waals surface area contributed by atoms with E-state index in [2.05, 4.69) is 49.3 Å². The summed E-state index contributed by atoms with van der Waals surface area (Å²) in [6.45, 7) is 7.42. The Balaban J connectivity index is 2.27. The van der Waals surface area contributed by atoms with Crippen LogP contribution in [0.1, 0.15) is 24.5 Å². The van der Waals surface area contributed by atoms with Gasteiger partial charge in [-0.1, -0.05) is 42.0 Å². The highest BCUT2D eigenvalue weighted by Crippen LogP contribution is 2.31. The summed E-state index contributed by atoms with van der Waals surface area (Å²) in [5.74, 6) is 0. The van der Waals surface area contributed by atoms with E-state index < -0.39 is 0 Å². The molecule has 0 fully saturated rings. The van der Waals surface area contributed by atoms with E-state index in [4.69, 9.17) is 0 Å². The van der Waals surface area contributed by atoms with Crippen LogP contribution in [0.25, 0.3) is 10.4 Å². The Morgan fingerprint density at radius 1 is 1.29 bits per heavy atom. The van der Waals surface area contributed by atoms with E-state index in [0.29, 0.717) is 0 Å². The standard InChI is InChI=1S/C14H18N2S/c1-4-7-15-14-16-9-13(17-14)12-8-10(2)5-6-11(12)3/h5-6,8-9H,4,7H2,1-3H3,(H,15,16). The minimum absolute atomic E-state index is 0.986. The van der Waals surface area contributed by atoms with E-state index >= 15 is 0 Å². The van der Waals surface area contributed by atoms with Crippen molar-refractivity contribution >= 4 is 16.5 Å². The molecular formula is C14H18N2S. The Bertz CT molecular complexity index is 503. The van der Waals surface area contributed by atoms with Gasteiger partial charge < -0.3 is 5.32 Å². The van der Waals surface area contributed by atoms with Crippen molar-refractivity contribution in [2.24, 2.45) is 0 Å². The summed E-state index contributed by atoms with van der Waals surface area (Å²) in [6, 6.07) is 6.55. The van der Waals surface area contributed by atoms with Crippen molar-refractivity contribution in [3.05, 3.63) is 35.5 Å². The molecule has 1 N–H and O–H groups in total. The molecule has 0 atom stereocenters. The highest BCUT2D eigenvalue weighted by molar-refractivity contribution is 7.18. The zero-order chi connectivity index (χ0) is 12.3. The number of aryl methyl sites for hydroxylation is 2. The Hall–Kier alpha value is -1.35. The van der Waals surface area contributed by atoms with Crippen LogP contribution >= 0.6 is 11.3 Å². The van der Waals surface area contributed by atoms with E-state index in [9.17, 15) is 0 Å². The van der Waals surface area contributed by atoms with Crippen LogP contribution in [0.4, 0.5) is 5.13 Å². The third-order valence-electron chi connectivity index (χ3n) is 2.69. The minimum atomic E-state index is 0.986. The second-order valence-corrected chi connectivity index (χ2v) is 5.31. The average molecular weight is 246 g/mol. The lowest BCUT2D eigenvalue weighted by Crippen LogP contribution is -1.97. The van der Waals surface area contributed by atoms with Gasteiger partial charge in [0.1, 0.15) is 0 Å². The second kappa shape index (κ2) is 5.32. The molecule has 0 bridgehead atoms. The number of anilines is 1. The summed E-state index contributed by atoms with van der Waals surface area (Å²) in [5, 5.41) is 4.34. The van der Waals surface area contributed by atoms with Crippen molar-refractivity contribution in [2.75, 3.05) is 11.9 Å². The molecule has 2 aromatic rings. The maximum Gasteiger partial charge on any atom is 0.183 e. The molecule has 90 valence electrons. The molecule has 2 nitrogen and oxygen atoms in total. The van der Waals surface area contributed by atoms with Crippen molar-refractivity contribution in [1.29, 1.82) is 0 Å². The molecule has 0 radical (unpaired) electrons. The molecule has 0 aliphatic heterocycles. The zero-order valence-electron chi connectivity index (χ0n) is 10.6. The first-order valence-electron chi connectivity index (χ1n) is 5.98. The molecule has 17 heavy (non-hydrogen) atoms. The van der Waals surface area contributed by atoms with Gasteiger partial charge in [-0.3, -0.25) is 0 Å². The normalized spacial score (nSPS) is 10.5. The summed E-state index contributed by atoms with van der Waals surface area (Å²) < 4.78 is 0. The summed E-state index contributed by atoms with van der Waals surface area (Å²) in [4.78, 5) is 5.65. The van der Waals surface area contributed by atoms with Crippen molar-refractivity contribution < 1.29 is 0 Å². The Kier molecular flexibility index (Phi) is 3.79. The van der Waals surface area contributed by atoms with Gasteiger partial charge >= 0.3 is 0 Å². The summed E-state index contributed by atoms with van der Waals surface area (Å²) >= 11 is 1.73. The predicted molar refractivity (Wildman–Crippen MR) is 75.8 cm³/mol. The van der Waals surface area contributed by atoms with Crippen LogP contribution in [0.3, 0.4) is 0 Å². The van der Waals surface area contributed by atoms with Crippen LogP contribution in [0.15, 0.2) is 24.4 Å². The van der Waals surface area contributed by atoms with E-state index in [0.717, 1.165) is 18.1 Å². The van der Waals surface area contributed by atoms with E-state index in [1.165, 1.54) is 21.6 Å². The van der Waals surface area contributed by atoms with E-state index in [-0.39, 0.29) is 0 Å². The lowest BCUT2D eigenvalue weighted by molar-refractivity contribution is 0.976. The molecule has 3 heteroatoms. The lowest BCUT2D eigenvalue weighted by atomic mass is 10.1. The fourth-order valence-corrected chi connectivity index (χ4v) is 2.64. The molecular weight excluding hydrogens is 228 g/mol. The minimum Gasteiger partial charge on any atom is -0.362 e. The van der Waals surface area contributed by atoms with E-state index in [1.807, 2.05) is 6.20 Å². The number of hydrogen-bond donors (Lipinski definition) is 1. The number of nitrogens with zero attached hydrogens (tertiary/aromatic N) is 1. The highest BCUT2D eigenvalue weighted by Gasteiger charge is 2.06. The monoisotopic (exact) mass is 246 g/mol. The summed E-state index contributed by atoms with van der Waals surface area (Å²) in [6.07, 6.45) is 3.09. The fraction of sp³-hybridized carbons (Fsp3) is 0.357. The van der Waals surface area contributed by atoms with Crippen LogP contribution in [-0.4, -0.2) is 11.5 Å². The van der Waals surface area contributed by atoms with Crippen LogP contribution in [0, 0.1) is 13.8 Å². The van der Waals surface area contributed by atoms with Gasteiger partial charge in [-0.25, -0.2) is 4.98 Å². The predicted octanol–water partition coefficient (Wildman–Crippen LogP) is 4.25. The van der Waals surface area contributed by atoms with Gasteiger partial charge in [-0.15, -0.1) is 0 Å². The van der Waals surface area contributed by atoms with E-state index in [1.54, 1.807) is 11.3 Å². The average Bonchev–Trinajstić information content (AvgIpc) is 2.78. The first-order chi connectivity index (χ1) is 8.20. The fourth-order valence-electron chi connectivity index (χ4n) is 1.71. The Morgan fingerprint density at radius 3 is 2.88 bits per heavy atom. The second-order valence-electron chi connectivity index (χ2n) is 4.27. The van der Waals surface area contributed by atoms with Gasteiger partial charge in [0.15, 0.2) is 5.13 Å². The largest absolute Gasteiger partial charge is 0.362 e. The third kappa shape index (κ3) is 2.86. The first kappa shape index (κ1) is 12.1.